The molecule has 0 saturated carbocycles. The highest BCUT2D eigenvalue weighted by atomic mass is 79.9. The molecule has 1 aromatic carbocycles. The summed E-state index contributed by atoms with van der Waals surface area (Å²) in [5.74, 6) is 0.910. The Morgan fingerprint density at radius 2 is 2.06 bits per heavy atom. The van der Waals surface area contributed by atoms with E-state index < -0.39 is 0 Å². The molecule has 18 heavy (non-hydrogen) atoms. The molecular formula is C14H15Br2NO. The molecule has 1 atom stereocenters. The monoisotopic (exact) mass is 371 g/mol. The lowest BCUT2D eigenvalue weighted by atomic mass is 10.1. The molecule has 0 spiro atoms. The fourth-order valence-electron chi connectivity index (χ4n) is 1.79. The van der Waals surface area contributed by atoms with E-state index in [9.17, 15) is 0 Å². The van der Waals surface area contributed by atoms with E-state index in [4.69, 9.17) is 4.42 Å². The lowest BCUT2D eigenvalue weighted by Gasteiger charge is -2.13. The average molecular weight is 373 g/mol. The molecule has 4 heteroatoms. The van der Waals surface area contributed by atoms with E-state index in [0.29, 0.717) is 12.6 Å². The Morgan fingerprint density at radius 3 is 2.67 bits per heavy atom. The first-order chi connectivity index (χ1) is 8.56. The van der Waals surface area contributed by atoms with Gasteiger partial charge < -0.3 is 9.73 Å². The van der Waals surface area contributed by atoms with Gasteiger partial charge in [0, 0.05) is 6.04 Å². The van der Waals surface area contributed by atoms with Crippen molar-refractivity contribution in [1.29, 1.82) is 0 Å². The van der Waals surface area contributed by atoms with E-state index in [0.717, 1.165) is 14.9 Å². The number of halogens is 2. The molecule has 0 unspecified atom stereocenters. The molecule has 0 fully saturated rings. The second kappa shape index (κ2) is 6.04. The van der Waals surface area contributed by atoms with Crippen LogP contribution in [0.3, 0.4) is 0 Å². The van der Waals surface area contributed by atoms with Crippen LogP contribution in [-0.4, -0.2) is 0 Å². The number of benzene rings is 1. The van der Waals surface area contributed by atoms with Gasteiger partial charge in [0.05, 0.1) is 11.0 Å². The Hall–Kier alpha value is -0.580. The van der Waals surface area contributed by atoms with Crippen LogP contribution in [-0.2, 0) is 6.54 Å². The maximum Gasteiger partial charge on any atom is 0.183 e. The lowest BCUT2D eigenvalue weighted by molar-refractivity contribution is 0.446. The van der Waals surface area contributed by atoms with E-state index in [1.165, 1.54) is 11.1 Å². The lowest BCUT2D eigenvalue weighted by Crippen LogP contribution is -2.17. The Kier molecular flexibility index (Phi) is 4.65. The van der Waals surface area contributed by atoms with Gasteiger partial charge in [0.25, 0.3) is 0 Å². The summed E-state index contributed by atoms with van der Waals surface area (Å²) in [6, 6.07) is 10.8. The summed E-state index contributed by atoms with van der Waals surface area (Å²) >= 11 is 6.75. The standard InChI is InChI=1S/C14H15Br2NO/c1-9-4-3-5-11(6-9)10(2)17-8-12-7-13(15)14(16)18-12/h3-7,10,17H,8H2,1-2H3/t10-/m0/s1. The molecule has 0 bridgehead atoms. The summed E-state index contributed by atoms with van der Waals surface area (Å²) in [4.78, 5) is 0. The smallest absolute Gasteiger partial charge is 0.183 e. The van der Waals surface area contributed by atoms with Gasteiger partial charge in [-0.1, -0.05) is 29.8 Å². The van der Waals surface area contributed by atoms with Gasteiger partial charge in [0.1, 0.15) is 5.76 Å². The van der Waals surface area contributed by atoms with E-state index in [2.05, 4.69) is 75.3 Å². The van der Waals surface area contributed by atoms with Crippen molar-refractivity contribution in [1.82, 2.24) is 5.32 Å². The van der Waals surface area contributed by atoms with Gasteiger partial charge in [-0.25, -0.2) is 0 Å². The van der Waals surface area contributed by atoms with E-state index in [-0.39, 0.29) is 0 Å². The molecule has 0 radical (unpaired) electrons. The van der Waals surface area contributed by atoms with Gasteiger partial charge in [-0.15, -0.1) is 0 Å². The molecule has 96 valence electrons. The second-order valence-corrected chi connectivity index (χ2v) is 5.93. The molecule has 0 saturated heterocycles. The Labute approximate surface area is 124 Å². The molecule has 1 aromatic heterocycles. The van der Waals surface area contributed by atoms with Crippen molar-refractivity contribution in [3.05, 3.63) is 56.4 Å². The summed E-state index contributed by atoms with van der Waals surface area (Å²) in [5, 5.41) is 3.45. The van der Waals surface area contributed by atoms with Crippen molar-refractivity contribution in [2.24, 2.45) is 0 Å². The van der Waals surface area contributed by atoms with Crippen LogP contribution in [0, 0.1) is 6.92 Å². The Morgan fingerprint density at radius 1 is 1.28 bits per heavy atom. The van der Waals surface area contributed by atoms with Crippen LogP contribution in [0.1, 0.15) is 29.9 Å². The number of hydrogen-bond donors (Lipinski definition) is 1. The van der Waals surface area contributed by atoms with Crippen molar-refractivity contribution < 1.29 is 4.42 Å². The Bertz CT molecular complexity index is 517. The highest BCUT2D eigenvalue weighted by Gasteiger charge is 2.09. The van der Waals surface area contributed by atoms with Crippen LogP contribution in [0.25, 0.3) is 0 Å². The number of aryl methyl sites for hydroxylation is 1. The summed E-state index contributed by atoms with van der Waals surface area (Å²) in [6.45, 7) is 4.97. The first kappa shape index (κ1) is 13.8. The zero-order valence-corrected chi connectivity index (χ0v) is 13.5. The molecule has 0 amide bonds. The largest absolute Gasteiger partial charge is 0.452 e. The fraction of sp³-hybridized carbons (Fsp3) is 0.286. The molecule has 1 heterocycles. The zero-order chi connectivity index (χ0) is 13.1. The maximum absolute atomic E-state index is 5.53. The van der Waals surface area contributed by atoms with Crippen molar-refractivity contribution in [2.75, 3.05) is 0 Å². The van der Waals surface area contributed by atoms with Gasteiger partial charge in [0.15, 0.2) is 4.67 Å². The highest BCUT2D eigenvalue weighted by Crippen LogP contribution is 2.27. The molecule has 0 aliphatic rings. The first-order valence-corrected chi connectivity index (χ1v) is 7.38. The molecule has 2 rings (SSSR count). The third-order valence-electron chi connectivity index (χ3n) is 2.82. The normalized spacial score (nSPS) is 12.7. The highest BCUT2D eigenvalue weighted by molar-refractivity contribution is 9.13. The van der Waals surface area contributed by atoms with Gasteiger partial charge in [-0.05, 0) is 57.3 Å². The molecule has 1 N–H and O–H groups in total. The van der Waals surface area contributed by atoms with Gasteiger partial charge in [-0.2, -0.15) is 0 Å². The summed E-state index contributed by atoms with van der Waals surface area (Å²) < 4.78 is 7.22. The van der Waals surface area contributed by atoms with Gasteiger partial charge in [0.2, 0.25) is 0 Å². The summed E-state index contributed by atoms with van der Waals surface area (Å²) in [7, 11) is 0. The third kappa shape index (κ3) is 3.46. The maximum atomic E-state index is 5.53. The molecule has 2 nitrogen and oxygen atoms in total. The number of rotatable bonds is 4. The van der Waals surface area contributed by atoms with E-state index >= 15 is 0 Å². The minimum Gasteiger partial charge on any atom is -0.452 e. The quantitative estimate of drug-likeness (QED) is 0.820. The van der Waals surface area contributed by atoms with Crippen LogP contribution in [0.4, 0.5) is 0 Å². The Balaban J connectivity index is 1.98. The van der Waals surface area contributed by atoms with Gasteiger partial charge in [-0.3, -0.25) is 0 Å². The van der Waals surface area contributed by atoms with E-state index in [1.807, 2.05) is 6.07 Å². The van der Waals surface area contributed by atoms with Crippen molar-refractivity contribution in [2.45, 2.75) is 26.4 Å². The van der Waals surface area contributed by atoms with E-state index in [1.54, 1.807) is 0 Å². The summed E-state index contributed by atoms with van der Waals surface area (Å²) in [6.07, 6.45) is 0. The second-order valence-electron chi connectivity index (χ2n) is 4.35. The van der Waals surface area contributed by atoms with Gasteiger partial charge >= 0.3 is 0 Å². The first-order valence-electron chi connectivity index (χ1n) is 5.80. The van der Waals surface area contributed by atoms with Crippen LogP contribution < -0.4 is 5.32 Å². The van der Waals surface area contributed by atoms with Crippen molar-refractivity contribution >= 4 is 31.9 Å². The molecule has 0 aliphatic heterocycles. The predicted molar refractivity (Wildman–Crippen MR) is 80.5 cm³/mol. The molecule has 2 aromatic rings. The number of furan rings is 1. The number of nitrogens with one attached hydrogen (secondary N) is 1. The predicted octanol–water partition coefficient (Wildman–Crippen LogP) is 4.96. The minimum absolute atomic E-state index is 0.299. The molecular weight excluding hydrogens is 358 g/mol. The topological polar surface area (TPSA) is 25.2 Å². The number of hydrogen-bond acceptors (Lipinski definition) is 2. The molecule has 0 aliphatic carbocycles. The van der Waals surface area contributed by atoms with Crippen LogP contribution in [0.15, 0.2) is 43.9 Å². The zero-order valence-electron chi connectivity index (χ0n) is 10.3. The average Bonchev–Trinajstić information content (AvgIpc) is 2.66. The van der Waals surface area contributed by atoms with Crippen molar-refractivity contribution in [3.8, 4) is 0 Å². The third-order valence-corrected chi connectivity index (χ3v) is 4.53. The summed E-state index contributed by atoms with van der Waals surface area (Å²) in [5.41, 5.74) is 2.57. The minimum atomic E-state index is 0.299. The van der Waals surface area contributed by atoms with Crippen LogP contribution in [0.5, 0.6) is 0 Å². The van der Waals surface area contributed by atoms with Crippen molar-refractivity contribution in [3.63, 3.8) is 0 Å². The SMILES string of the molecule is Cc1cccc([C@H](C)NCc2cc(Br)c(Br)o2)c1. The van der Waals surface area contributed by atoms with Crippen LogP contribution in [0.2, 0.25) is 0 Å². The fourth-order valence-corrected chi connectivity index (χ4v) is 2.45. The van der Waals surface area contributed by atoms with Crippen LogP contribution >= 0.6 is 31.9 Å².